The lowest BCUT2D eigenvalue weighted by Gasteiger charge is -2.28. The van der Waals surface area contributed by atoms with E-state index in [1.807, 2.05) is 67.6 Å². The molecule has 2 saturated heterocycles. The zero-order chi connectivity index (χ0) is 21.8. The molecule has 3 unspecified atom stereocenters. The van der Waals surface area contributed by atoms with Crippen LogP contribution in [0.2, 0.25) is 0 Å². The molecule has 3 heterocycles. The minimum atomic E-state index is -0.903. The molecule has 2 amide bonds. The number of carbonyl (C=O) groups is 2. The second kappa shape index (κ2) is 7.10. The highest BCUT2D eigenvalue weighted by molar-refractivity contribution is 6.23. The van der Waals surface area contributed by atoms with E-state index in [-0.39, 0.29) is 18.6 Å². The Labute approximate surface area is 184 Å². The van der Waals surface area contributed by atoms with Gasteiger partial charge in [0.05, 0.1) is 17.4 Å². The topological polar surface area (TPSA) is 68.3 Å². The van der Waals surface area contributed by atoms with Gasteiger partial charge in [-0.3, -0.25) is 14.4 Å². The predicted octanol–water partition coefficient (Wildman–Crippen LogP) is 3.77. The molecule has 6 rings (SSSR count). The second-order valence-corrected chi connectivity index (χ2v) is 8.12. The van der Waals surface area contributed by atoms with Gasteiger partial charge in [0.25, 0.3) is 5.91 Å². The Bertz CT molecular complexity index is 1210. The maximum Gasteiger partial charge on any atom is 0.266 e. The van der Waals surface area contributed by atoms with Crippen molar-refractivity contribution in [2.75, 3.05) is 16.8 Å². The first-order chi connectivity index (χ1) is 15.6. The van der Waals surface area contributed by atoms with E-state index in [4.69, 9.17) is 14.3 Å². The summed E-state index contributed by atoms with van der Waals surface area (Å²) in [6.45, 7) is 2.12. The number of carbonyl (C=O) groups excluding carboxylic acids is 2. The third-order valence-electron chi connectivity index (χ3n) is 6.16. The van der Waals surface area contributed by atoms with Crippen molar-refractivity contribution in [3.05, 3.63) is 83.9 Å². The molecule has 7 heteroatoms. The average molecular weight is 428 g/mol. The Hall–Kier alpha value is -3.84. The summed E-state index contributed by atoms with van der Waals surface area (Å²) in [5, 5.41) is 1.68. The molecule has 3 atom stereocenters. The molecule has 3 aliphatic rings. The number of rotatable bonds is 3. The van der Waals surface area contributed by atoms with Crippen molar-refractivity contribution in [1.29, 1.82) is 0 Å². The van der Waals surface area contributed by atoms with Gasteiger partial charge in [-0.1, -0.05) is 42.0 Å². The van der Waals surface area contributed by atoms with E-state index in [2.05, 4.69) is 0 Å². The molecular weight excluding hydrogens is 408 g/mol. The lowest BCUT2D eigenvalue weighted by Crippen LogP contribution is -2.37. The first-order valence-electron chi connectivity index (χ1n) is 10.5. The minimum absolute atomic E-state index is 0.160. The molecule has 32 heavy (non-hydrogen) atoms. The largest absolute Gasteiger partial charge is 0.454 e. The number of imide groups is 1. The van der Waals surface area contributed by atoms with Crippen LogP contribution in [0.15, 0.2) is 72.8 Å². The van der Waals surface area contributed by atoms with Crippen LogP contribution in [0.4, 0.5) is 11.4 Å². The van der Waals surface area contributed by atoms with Gasteiger partial charge < -0.3 is 9.47 Å². The Morgan fingerprint density at radius 2 is 1.56 bits per heavy atom. The first kappa shape index (κ1) is 18.9. The summed E-state index contributed by atoms with van der Waals surface area (Å²) in [6.07, 6.45) is -0.903. The van der Waals surface area contributed by atoms with Crippen molar-refractivity contribution < 1.29 is 23.9 Å². The van der Waals surface area contributed by atoms with E-state index >= 15 is 0 Å². The van der Waals surface area contributed by atoms with Crippen molar-refractivity contribution in [3.63, 3.8) is 0 Å². The molecule has 0 spiro atoms. The van der Waals surface area contributed by atoms with E-state index < -0.39 is 18.1 Å². The van der Waals surface area contributed by atoms with Gasteiger partial charge in [-0.25, -0.2) is 9.96 Å². The monoisotopic (exact) mass is 428 g/mol. The van der Waals surface area contributed by atoms with Gasteiger partial charge in [0.2, 0.25) is 12.7 Å². The van der Waals surface area contributed by atoms with Crippen LogP contribution >= 0.6 is 0 Å². The van der Waals surface area contributed by atoms with Crippen molar-refractivity contribution in [2.45, 2.75) is 19.1 Å². The van der Waals surface area contributed by atoms with Crippen molar-refractivity contribution in [2.24, 2.45) is 5.92 Å². The summed E-state index contributed by atoms with van der Waals surface area (Å²) in [4.78, 5) is 34.4. The van der Waals surface area contributed by atoms with Crippen LogP contribution in [-0.2, 0) is 14.4 Å². The summed E-state index contributed by atoms with van der Waals surface area (Å²) in [5.41, 5.74) is 3.20. The number of aryl methyl sites for hydroxylation is 1. The average Bonchev–Trinajstić information content (AvgIpc) is 3.50. The van der Waals surface area contributed by atoms with Gasteiger partial charge in [-0.2, -0.15) is 0 Å². The second-order valence-electron chi connectivity index (χ2n) is 8.12. The number of benzene rings is 3. The van der Waals surface area contributed by atoms with Gasteiger partial charge in [0.15, 0.2) is 17.6 Å². The minimum Gasteiger partial charge on any atom is -0.454 e. The van der Waals surface area contributed by atoms with Crippen LogP contribution in [0.25, 0.3) is 0 Å². The summed E-state index contributed by atoms with van der Waals surface area (Å²) < 4.78 is 11.0. The smallest absolute Gasteiger partial charge is 0.266 e. The molecule has 0 radical (unpaired) electrons. The number of ether oxygens (including phenoxy) is 2. The third kappa shape index (κ3) is 2.78. The predicted molar refractivity (Wildman–Crippen MR) is 116 cm³/mol. The van der Waals surface area contributed by atoms with Crippen LogP contribution in [0, 0.1) is 12.8 Å². The maximum atomic E-state index is 13.6. The van der Waals surface area contributed by atoms with Crippen LogP contribution in [0.1, 0.15) is 17.2 Å². The molecule has 0 aromatic heterocycles. The fourth-order valence-electron chi connectivity index (χ4n) is 4.60. The first-order valence-corrected chi connectivity index (χ1v) is 10.5. The zero-order valence-corrected chi connectivity index (χ0v) is 17.3. The maximum absolute atomic E-state index is 13.6. The molecule has 2 fully saturated rings. The fourth-order valence-corrected chi connectivity index (χ4v) is 4.60. The SMILES string of the molecule is Cc1ccc(N2C(=O)C3ON(c4ccccc4)C(c4ccc5c(c4)OCO5)C3C2=O)cc1. The number of nitrogens with zero attached hydrogens (tertiary/aromatic N) is 2. The number of amides is 2. The molecule has 3 aliphatic heterocycles. The number of hydrogen-bond donors (Lipinski definition) is 0. The fraction of sp³-hybridized carbons (Fsp3) is 0.200. The molecule has 0 saturated carbocycles. The van der Waals surface area contributed by atoms with Crippen molar-refractivity contribution in [3.8, 4) is 11.5 Å². The van der Waals surface area contributed by atoms with E-state index in [0.29, 0.717) is 17.2 Å². The molecular formula is C25H20N2O5. The molecule has 160 valence electrons. The van der Waals surface area contributed by atoms with Crippen molar-refractivity contribution in [1.82, 2.24) is 0 Å². The highest BCUT2D eigenvalue weighted by Crippen LogP contribution is 2.49. The van der Waals surface area contributed by atoms with Crippen LogP contribution < -0.4 is 19.4 Å². The summed E-state index contributed by atoms with van der Waals surface area (Å²) in [6, 6.07) is 21.9. The number of para-hydroxylation sites is 1. The standard InChI is InChI=1S/C25H20N2O5/c1-15-7-10-17(11-8-15)26-24(28)21-22(16-9-12-19-20(13-16)31-14-30-19)27(32-23(21)25(26)29)18-5-3-2-4-6-18/h2-13,21-23H,14H2,1H3. The highest BCUT2D eigenvalue weighted by Gasteiger charge is 2.60. The quantitative estimate of drug-likeness (QED) is 0.592. The third-order valence-corrected chi connectivity index (χ3v) is 6.16. The zero-order valence-electron chi connectivity index (χ0n) is 17.3. The molecule has 3 aromatic carbocycles. The van der Waals surface area contributed by atoms with Crippen LogP contribution in [0.5, 0.6) is 11.5 Å². The normalized spacial score (nSPS) is 23.7. The van der Waals surface area contributed by atoms with E-state index in [0.717, 1.165) is 16.8 Å². The Morgan fingerprint density at radius 1 is 0.812 bits per heavy atom. The number of anilines is 2. The summed E-state index contributed by atoms with van der Waals surface area (Å²) >= 11 is 0. The summed E-state index contributed by atoms with van der Waals surface area (Å²) in [5.74, 6) is -0.0425. The van der Waals surface area contributed by atoms with Crippen LogP contribution in [0.3, 0.4) is 0 Å². The van der Waals surface area contributed by atoms with Crippen LogP contribution in [-0.4, -0.2) is 24.7 Å². The van der Waals surface area contributed by atoms with E-state index in [1.165, 1.54) is 4.90 Å². The summed E-state index contributed by atoms with van der Waals surface area (Å²) in [7, 11) is 0. The number of hydrogen-bond acceptors (Lipinski definition) is 6. The molecule has 0 aliphatic carbocycles. The van der Waals surface area contributed by atoms with Crippen molar-refractivity contribution >= 4 is 23.2 Å². The Balaban J connectivity index is 1.44. The Morgan fingerprint density at radius 3 is 2.34 bits per heavy atom. The number of hydroxylamine groups is 1. The molecule has 7 nitrogen and oxygen atoms in total. The molecule has 3 aromatic rings. The molecule has 0 bridgehead atoms. The van der Waals surface area contributed by atoms with Gasteiger partial charge in [-0.05, 0) is 48.9 Å². The Kier molecular flexibility index (Phi) is 4.19. The van der Waals surface area contributed by atoms with Gasteiger partial charge >= 0.3 is 0 Å². The highest BCUT2D eigenvalue weighted by atomic mass is 16.7. The van der Waals surface area contributed by atoms with Gasteiger partial charge in [0.1, 0.15) is 5.92 Å². The lowest BCUT2D eigenvalue weighted by molar-refractivity contribution is -0.126. The van der Waals surface area contributed by atoms with E-state index in [9.17, 15) is 9.59 Å². The number of fused-ring (bicyclic) bond motifs is 2. The van der Waals surface area contributed by atoms with Gasteiger partial charge in [0, 0.05) is 0 Å². The molecule has 0 N–H and O–H groups in total. The van der Waals surface area contributed by atoms with E-state index in [1.54, 1.807) is 17.2 Å². The van der Waals surface area contributed by atoms with Gasteiger partial charge in [-0.15, -0.1) is 0 Å². The lowest BCUT2D eigenvalue weighted by atomic mass is 9.90.